The summed E-state index contributed by atoms with van der Waals surface area (Å²) in [5, 5.41) is 3.44. The van der Waals surface area contributed by atoms with E-state index in [1.807, 2.05) is 0 Å². The number of hydrogen-bond donors (Lipinski definition) is 1. The lowest BCUT2D eigenvalue weighted by Crippen LogP contribution is -2.10. The van der Waals surface area contributed by atoms with Crippen molar-refractivity contribution in [1.29, 1.82) is 0 Å². The average Bonchev–Trinajstić information content (AvgIpc) is 2.41. The van der Waals surface area contributed by atoms with Gasteiger partial charge in [-0.25, -0.2) is 0 Å². The maximum absolute atomic E-state index is 3.53. The molecule has 0 saturated heterocycles. The Kier molecular flexibility index (Phi) is 5.64. The van der Waals surface area contributed by atoms with E-state index in [-0.39, 0.29) is 0 Å². The molecule has 0 atom stereocenters. The fourth-order valence-corrected chi connectivity index (χ4v) is 2.62. The second-order valence-corrected chi connectivity index (χ2v) is 6.75. The van der Waals surface area contributed by atoms with Gasteiger partial charge < -0.3 is 10.2 Å². The van der Waals surface area contributed by atoms with Gasteiger partial charge in [0, 0.05) is 27.7 Å². The molecule has 0 saturated carbocycles. The fourth-order valence-electron chi connectivity index (χ4n) is 1.95. The monoisotopic (exact) mass is 396 g/mol. The highest BCUT2D eigenvalue weighted by Crippen LogP contribution is 2.24. The zero-order chi connectivity index (χ0) is 14.5. The number of rotatable bonds is 5. The lowest BCUT2D eigenvalue weighted by molar-refractivity contribution is 0.402. The first-order chi connectivity index (χ1) is 9.54. The molecule has 0 amide bonds. The van der Waals surface area contributed by atoms with Gasteiger partial charge in [-0.2, -0.15) is 0 Å². The van der Waals surface area contributed by atoms with E-state index in [2.05, 4.69) is 98.6 Å². The first-order valence-corrected chi connectivity index (χ1v) is 8.04. The molecule has 4 heteroatoms. The summed E-state index contributed by atoms with van der Waals surface area (Å²) < 4.78 is 2.16. The number of anilines is 1. The van der Waals surface area contributed by atoms with Gasteiger partial charge in [0.25, 0.3) is 0 Å². The van der Waals surface area contributed by atoms with Gasteiger partial charge in [0.15, 0.2) is 0 Å². The number of nitrogens with zero attached hydrogens (tertiary/aromatic N) is 1. The molecule has 2 aromatic rings. The highest BCUT2D eigenvalue weighted by molar-refractivity contribution is 9.13. The Balaban J connectivity index is 1.95. The Morgan fingerprint density at radius 1 is 0.900 bits per heavy atom. The van der Waals surface area contributed by atoms with Gasteiger partial charge in [0.05, 0.1) is 0 Å². The van der Waals surface area contributed by atoms with Crippen molar-refractivity contribution in [3.63, 3.8) is 0 Å². The molecule has 2 nitrogen and oxygen atoms in total. The summed E-state index contributed by atoms with van der Waals surface area (Å²) in [7, 11) is 4.16. The molecule has 0 bridgehead atoms. The molecule has 0 aliphatic rings. The molecule has 0 aliphatic carbocycles. The van der Waals surface area contributed by atoms with E-state index >= 15 is 0 Å². The third-order valence-corrected chi connectivity index (χ3v) is 4.81. The van der Waals surface area contributed by atoms with Crippen LogP contribution < -0.4 is 5.32 Å². The molecule has 2 aromatic carbocycles. The summed E-state index contributed by atoms with van der Waals surface area (Å²) in [6, 6.07) is 14.9. The van der Waals surface area contributed by atoms with Crippen LogP contribution in [0.25, 0.3) is 0 Å². The Morgan fingerprint density at radius 3 is 2.15 bits per heavy atom. The van der Waals surface area contributed by atoms with Gasteiger partial charge in [0.1, 0.15) is 0 Å². The van der Waals surface area contributed by atoms with Crippen LogP contribution in [-0.2, 0) is 13.1 Å². The van der Waals surface area contributed by atoms with Crippen molar-refractivity contribution >= 4 is 37.5 Å². The van der Waals surface area contributed by atoms with E-state index in [0.29, 0.717) is 0 Å². The largest absolute Gasteiger partial charge is 0.381 e. The zero-order valence-corrected chi connectivity index (χ0v) is 14.8. The molecule has 0 aromatic heterocycles. The number of benzene rings is 2. The number of hydrogen-bond acceptors (Lipinski definition) is 2. The molecule has 20 heavy (non-hydrogen) atoms. The predicted molar refractivity (Wildman–Crippen MR) is 93.0 cm³/mol. The van der Waals surface area contributed by atoms with Gasteiger partial charge in [-0.3, -0.25) is 0 Å². The zero-order valence-electron chi connectivity index (χ0n) is 11.7. The Morgan fingerprint density at radius 2 is 1.55 bits per heavy atom. The van der Waals surface area contributed by atoms with Crippen molar-refractivity contribution in [3.8, 4) is 0 Å². The molecule has 0 fully saturated rings. The van der Waals surface area contributed by atoms with Crippen LogP contribution in [0.5, 0.6) is 0 Å². The van der Waals surface area contributed by atoms with E-state index in [1.54, 1.807) is 0 Å². The minimum absolute atomic E-state index is 0.818. The summed E-state index contributed by atoms with van der Waals surface area (Å²) in [6.07, 6.45) is 0. The van der Waals surface area contributed by atoms with Crippen LogP contribution in [0.1, 0.15) is 11.1 Å². The van der Waals surface area contributed by atoms with Crippen LogP contribution in [0.2, 0.25) is 0 Å². The van der Waals surface area contributed by atoms with Crippen molar-refractivity contribution in [2.45, 2.75) is 13.1 Å². The molecule has 2 rings (SSSR count). The van der Waals surface area contributed by atoms with Crippen LogP contribution in [0.4, 0.5) is 5.69 Å². The lowest BCUT2D eigenvalue weighted by atomic mass is 10.2. The summed E-state index contributed by atoms with van der Waals surface area (Å²) >= 11 is 7.01. The van der Waals surface area contributed by atoms with Gasteiger partial charge in [-0.15, -0.1) is 0 Å². The Hall–Kier alpha value is -0.840. The first-order valence-electron chi connectivity index (χ1n) is 6.46. The van der Waals surface area contributed by atoms with Crippen LogP contribution in [0.15, 0.2) is 51.4 Å². The molecule has 0 radical (unpaired) electrons. The molecule has 1 N–H and O–H groups in total. The van der Waals surface area contributed by atoms with Crippen LogP contribution in [0, 0.1) is 0 Å². The molecule has 0 heterocycles. The molecular formula is C16H18Br2N2. The average molecular weight is 398 g/mol. The third kappa shape index (κ3) is 4.62. The minimum Gasteiger partial charge on any atom is -0.381 e. The van der Waals surface area contributed by atoms with Gasteiger partial charge in [-0.1, -0.05) is 18.2 Å². The normalized spacial score (nSPS) is 10.8. The predicted octanol–water partition coefficient (Wildman–Crippen LogP) is 4.89. The Labute approximate surface area is 137 Å². The van der Waals surface area contributed by atoms with E-state index in [0.717, 1.165) is 27.7 Å². The first kappa shape index (κ1) is 15.5. The van der Waals surface area contributed by atoms with Gasteiger partial charge in [0.2, 0.25) is 0 Å². The van der Waals surface area contributed by atoms with Crippen LogP contribution in [0.3, 0.4) is 0 Å². The summed E-state index contributed by atoms with van der Waals surface area (Å²) in [5.74, 6) is 0. The molecule has 106 valence electrons. The quantitative estimate of drug-likeness (QED) is 0.772. The third-order valence-electron chi connectivity index (χ3n) is 2.93. The molecule has 0 aliphatic heterocycles. The van der Waals surface area contributed by atoms with Crippen molar-refractivity contribution in [1.82, 2.24) is 4.90 Å². The van der Waals surface area contributed by atoms with Crippen molar-refractivity contribution < 1.29 is 0 Å². The minimum atomic E-state index is 0.818. The summed E-state index contributed by atoms with van der Waals surface area (Å²) in [5.41, 5.74) is 3.72. The Bertz CT molecular complexity index is 565. The standard InChI is InChI=1S/C16H18Br2N2/c1-20(2)11-12-3-6-14(7-4-12)19-10-13-5-8-15(17)16(18)9-13/h3-9,19H,10-11H2,1-2H3. The number of nitrogens with one attached hydrogen (secondary N) is 1. The van der Waals surface area contributed by atoms with Gasteiger partial charge in [-0.05, 0) is 81.3 Å². The van der Waals surface area contributed by atoms with E-state index < -0.39 is 0 Å². The molecule has 0 unspecified atom stereocenters. The lowest BCUT2D eigenvalue weighted by Gasteiger charge is -2.11. The second-order valence-electron chi connectivity index (χ2n) is 5.04. The highest BCUT2D eigenvalue weighted by Gasteiger charge is 2.00. The smallest absolute Gasteiger partial charge is 0.0401 e. The number of halogens is 2. The van der Waals surface area contributed by atoms with E-state index in [9.17, 15) is 0 Å². The van der Waals surface area contributed by atoms with Crippen LogP contribution >= 0.6 is 31.9 Å². The topological polar surface area (TPSA) is 15.3 Å². The summed E-state index contributed by atoms with van der Waals surface area (Å²) in [6.45, 7) is 1.79. The van der Waals surface area contributed by atoms with Crippen molar-refractivity contribution in [3.05, 3.63) is 62.5 Å². The molecule has 0 spiro atoms. The highest BCUT2D eigenvalue weighted by atomic mass is 79.9. The van der Waals surface area contributed by atoms with E-state index in [4.69, 9.17) is 0 Å². The SMILES string of the molecule is CN(C)Cc1ccc(NCc2ccc(Br)c(Br)c2)cc1. The van der Waals surface area contributed by atoms with Gasteiger partial charge >= 0.3 is 0 Å². The fraction of sp³-hybridized carbons (Fsp3) is 0.250. The van der Waals surface area contributed by atoms with Crippen LogP contribution in [-0.4, -0.2) is 19.0 Å². The van der Waals surface area contributed by atoms with E-state index in [1.165, 1.54) is 11.1 Å². The second kappa shape index (κ2) is 7.25. The summed E-state index contributed by atoms with van der Waals surface area (Å²) in [4.78, 5) is 2.17. The maximum Gasteiger partial charge on any atom is 0.0401 e. The van der Waals surface area contributed by atoms with Crippen molar-refractivity contribution in [2.75, 3.05) is 19.4 Å². The van der Waals surface area contributed by atoms with Crippen molar-refractivity contribution in [2.24, 2.45) is 0 Å². The maximum atomic E-state index is 3.53. The molecular weight excluding hydrogens is 380 g/mol.